The van der Waals surface area contributed by atoms with Gasteiger partial charge >= 0.3 is 7.12 Å². The number of hydrogen-bond donors (Lipinski definition) is 2. The Labute approximate surface area is 113 Å². The first-order chi connectivity index (χ1) is 9.13. The van der Waals surface area contributed by atoms with E-state index in [4.69, 9.17) is 9.39 Å². The molecule has 1 aliphatic heterocycles. The van der Waals surface area contributed by atoms with Gasteiger partial charge in [-0.3, -0.25) is 0 Å². The van der Waals surface area contributed by atoms with Crippen molar-refractivity contribution in [2.45, 2.75) is 12.5 Å². The van der Waals surface area contributed by atoms with E-state index in [-0.39, 0.29) is 11.9 Å². The molecular weight excluding hydrogens is 243 g/mol. The normalized spacial score (nSPS) is 19.2. The van der Waals surface area contributed by atoms with Gasteiger partial charge in [-0.15, -0.1) is 0 Å². The summed E-state index contributed by atoms with van der Waals surface area (Å²) >= 11 is 0. The van der Waals surface area contributed by atoms with Crippen LogP contribution in [0.2, 0.25) is 0 Å². The van der Waals surface area contributed by atoms with Crippen molar-refractivity contribution in [3.63, 3.8) is 0 Å². The third-order valence-electron chi connectivity index (χ3n) is 3.12. The fourth-order valence-electron chi connectivity index (χ4n) is 2.16. The highest BCUT2D eigenvalue weighted by atomic mass is 16.5. The lowest BCUT2D eigenvalue weighted by Crippen LogP contribution is -2.29. The zero-order chi connectivity index (χ0) is 13.8. The second-order valence-corrected chi connectivity index (χ2v) is 4.47. The quantitative estimate of drug-likeness (QED) is 0.813. The molecule has 1 aromatic carbocycles. The van der Waals surface area contributed by atoms with E-state index in [1.807, 2.05) is 12.1 Å². The number of benzene rings is 1. The second-order valence-electron chi connectivity index (χ2n) is 4.47. The molecule has 1 aromatic rings. The van der Waals surface area contributed by atoms with Crippen molar-refractivity contribution in [2.75, 3.05) is 13.7 Å². The van der Waals surface area contributed by atoms with Crippen LogP contribution in [0.5, 0.6) is 5.75 Å². The van der Waals surface area contributed by atoms with Crippen molar-refractivity contribution in [2.24, 2.45) is 0 Å². The highest BCUT2D eigenvalue weighted by Crippen LogP contribution is 2.34. The van der Waals surface area contributed by atoms with Crippen LogP contribution in [0.15, 0.2) is 48.0 Å². The molecule has 5 heteroatoms. The van der Waals surface area contributed by atoms with E-state index < -0.39 is 7.12 Å². The van der Waals surface area contributed by atoms with Crippen LogP contribution in [0.25, 0.3) is 0 Å². The molecule has 1 heterocycles. The monoisotopic (exact) mass is 260 g/mol. The summed E-state index contributed by atoms with van der Waals surface area (Å²) in [4.78, 5) is 0. The van der Waals surface area contributed by atoms with Gasteiger partial charge in [-0.2, -0.15) is 0 Å². The minimum absolute atomic E-state index is 0.173. The minimum Gasteiger partial charge on any atom is -0.508 e. The zero-order valence-corrected chi connectivity index (χ0v) is 10.9. The predicted octanol–water partition coefficient (Wildman–Crippen LogP) is 2.00. The third kappa shape index (κ3) is 3.07. The number of rotatable bonds is 4. The molecule has 0 radical (unpaired) electrons. The van der Waals surface area contributed by atoms with Gasteiger partial charge in [0.25, 0.3) is 0 Å². The first-order valence-corrected chi connectivity index (χ1v) is 6.12. The molecule has 0 fully saturated rings. The fourth-order valence-corrected chi connectivity index (χ4v) is 2.16. The topological polar surface area (TPSA) is 58.9 Å². The van der Waals surface area contributed by atoms with Gasteiger partial charge in [0.15, 0.2) is 0 Å². The second kappa shape index (κ2) is 6.06. The van der Waals surface area contributed by atoms with Gasteiger partial charge in [0, 0.05) is 12.7 Å². The lowest BCUT2D eigenvalue weighted by atomic mass is 9.71. The summed E-state index contributed by atoms with van der Waals surface area (Å²) in [5.41, 5.74) is 2.02. The van der Waals surface area contributed by atoms with Gasteiger partial charge in [-0.1, -0.05) is 30.9 Å². The average Bonchev–Trinajstić information content (AvgIpc) is 2.39. The van der Waals surface area contributed by atoms with Gasteiger partial charge in [-0.05, 0) is 23.5 Å². The lowest BCUT2D eigenvalue weighted by molar-refractivity contribution is 0.163. The zero-order valence-electron chi connectivity index (χ0n) is 10.9. The molecular formula is C14H17BO4. The molecule has 1 atom stereocenters. The maximum atomic E-state index is 10.0. The van der Waals surface area contributed by atoms with Crippen LogP contribution in [-0.2, 0) is 9.39 Å². The summed E-state index contributed by atoms with van der Waals surface area (Å²) < 4.78 is 10.5. The molecule has 19 heavy (non-hydrogen) atoms. The van der Waals surface area contributed by atoms with E-state index in [9.17, 15) is 10.1 Å². The van der Waals surface area contributed by atoms with Crippen molar-refractivity contribution >= 4 is 7.12 Å². The SMILES string of the molecule is C=C(COC)C1=CCC(c2ccccc2O)OB1O. The Morgan fingerprint density at radius 1 is 1.53 bits per heavy atom. The predicted molar refractivity (Wildman–Crippen MR) is 73.6 cm³/mol. The molecule has 0 saturated carbocycles. The van der Waals surface area contributed by atoms with E-state index in [0.717, 1.165) is 0 Å². The maximum Gasteiger partial charge on any atom is 0.491 e. The Morgan fingerprint density at radius 3 is 2.89 bits per heavy atom. The minimum atomic E-state index is -1.04. The van der Waals surface area contributed by atoms with Crippen molar-refractivity contribution in [3.8, 4) is 5.75 Å². The third-order valence-corrected chi connectivity index (χ3v) is 3.12. The van der Waals surface area contributed by atoms with Gasteiger partial charge in [-0.25, -0.2) is 0 Å². The van der Waals surface area contributed by atoms with Crippen LogP contribution >= 0.6 is 0 Å². The molecule has 0 bridgehead atoms. The van der Waals surface area contributed by atoms with Crippen LogP contribution in [0.3, 0.4) is 0 Å². The van der Waals surface area contributed by atoms with Gasteiger partial charge < -0.3 is 19.5 Å². The molecule has 4 nitrogen and oxygen atoms in total. The van der Waals surface area contributed by atoms with E-state index in [0.29, 0.717) is 29.6 Å². The highest BCUT2D eigenvalue weighted by Gasteiger charge is 2.31. The Kier molecular flexibility index (Phi) is 4.42. The van der Waals surface area contributed by atoms with Crippen molar-refractivity contribution < 1.29 is 19.5 Å². The number of phenols is 1. The highest BCUT2D eigenvalue weighted by molar-refractivity contribution is 6.54. The number of phenolic OH excluding ortho intramolecular Hbond substituents is 1. The largest absolute Gasteiger partial charge is 0.508 e. The summed E-state index contributed by atoms with van der Waals surface area (Å²) in [6.45, 7) is 4.21. The number of hydrogen-bond acceptors (Lipinski definition) is 4. The van der Waals surface area contributed by atoms with Crippen molar-refractivity contribution in [1.82, 2.24) is 0 Å². The number of aromatic hydroxyl groups is 1. The Bertz CT molecular complexity index is 498. The lowest BCUT2D eigenvalue weighted by Gasteiger charge is -2.26. The molecule has 2 N–H and O–H groups in total. The summed E-state index contributed by atoms with van der Waals surface area (Å²) in [6.07, 6.45) is 2.11. The van der Waals surface area contributed by atoms with Gasteiger partial charge in [0.05, 0.1) is 12.7 Å². The molecule has 2 rings (SSSR count). The summed E-state index contributed by atoms with van der Waals surface area (Å²) in [5, 5.41) is 19.8. The van der Waals surface area contributed by atoms with Crippen LogP contribution in [0.1, 0.15) is 18.1 Å². The number of methoxy groups -OCH3 is 1. The van der Waals surface area contributed by atoms with Gasteiger partial charge in [0.2, 0.25) is 0 Å². The first-order valence-electron chi connectivity index (χ1n) is 6.12. The standard InChI is InChI=1S/C14H17BO4/c1-10(9-18-2)12-7-8-14(19-15(12)17)11-5-3-4-6-13(11)16/h3-7,14,16-17H,1,8-9H2,2H3. The molecule has 0 aromatic heterocycles. The van der Waals surface area contributed by atoms with Crippen LogP contribution < -0.4 is 0 Å². The molecule has 0 aliphatic carbocycles. The fraction of sp³-hybridized carbons (Fsp3) is 0.286. The van der Waals surface area contributed by atoms with E-state index in [1.54, 1.807) is 25.3 Å². The Morgan fingerprint density at radius 2 is 2.26 bits per heavy atom. The molecule has 100 valence electrons. The summed E-state index contributed by atoms with van der Waals surface area (Å²) in [7, 11) is 0.535. The maximum absolute atomic E-state index is 10.0. The number of para-hydroxylation sites is 1. The van der Waals surface area contributed by atoms with Gasteiger partial charge in [0.1, 0.15) is 5.75 Å². The Balaban J connectivity index is 2.15. The van der Waals surface area contributed by atoms with Crippen LogP contribution in [-0.4, -0.2) is 31.0 Å². The van der Waals surface area contributed by atoms with Crippen LogP contribution in [0, 0.1) is 0 Å². The van der Waals surface area contributed by atoms with E-state index in [2.05, 4.69) is 6.58 Å². The van der Waals surface area contributed by atoms with E-state index >= 15 is 0 Å². The average molecular weight is 260 g/mol. The van der Waals surface area contributed by atoms with Crippen molar-refractivity contribution in [3.05, 3.63) is 53.5 Å². The molecule has 1 aliphatic rings. The molecule has 0 spiro atoms. The molecule has 0 amide bonds. The molecule has 1 unspecified atom stereocenters. The smallest absolute Gasteiger partial charge is 0.491 e. The first kappa shape index (κ1) is 13.9. The van der Waals surface area contributed by atoms with Crippen LogP contribution in [0.4, 0.5) is 0 Å². The summed E-state index contributed by atoms with van der Waals surface area (Å²) in [6, 6.07) is 6.97. The van der Waals surface area contributed by atoms with Crippen molar-refractivity contribution in [1.29, 1.82) is 0 Å². The molecule has 0 saturated heterocycles. The number of ether oxygens (including phenoxy) is 1. The summed E-state index contributed by atoms with van der Waals surface area (Å²) in [5.74, 6) is 0.173. The van der Waals surface area contributed by atoms with E-state index in [1.165, 1.54) is 0 Å². The Hall–Kier alpha value is -1.56.